The largest absolute Gasteiger partial charge is 0.290 e. The minimum Gasteiger partial charge on any atom is -0.266 e. The van der Waals surface area contributed by atoms with Crippen molar-refractivity contribution in [3.8, 4) is 0 Å². The lowest BCUT2D eigenvalue weighted by atomic mass is 9.99. The fourth-order valence-corrected chi connectivity index (χ4v) is 4.72. The Morgan fingerprint density at radius 1 is 1.09 bits per heavy atom. The minimum absolute atomic E-state index is 0.0518. The van der Waals surface area contributed by atoms with Gasteiger partial charge in [-0.2, -0.15) is 10.2 Å². The van der Waals surface area contributed by atoms with Crippen molar-refractivity contribution in [2.75, 3.05) is 5.01 Å². The van der Waals surface area contributed by atoms with E-state index < -0.39 is 0 Å². The summed E-state index contributed by atoms with van der Waals surface area (Å²) in [4.78, 5) is 17.2. The number of nitrogens with one attached hydrogen (secondary N) is 1. The molecule has 3 aromatic carbocycles. The number of thiazole rings is 1. The van der Waals surface area contributed by atoms with E-state index in [0.717, 1.165) is 28.0 Å². The zero-order valence-corrected chi connectivity index (χ0v) is 20.5. The van der Waals surface area contributed by atoms with Crippen molar-refractivity contribution in [2.24, 2.45) is 10.2 Å². The summed E-state index contributed by atoms with van der Waals surface area (Å²) in [5.74, 6) is -0.370. The van der Waals surface area contributed by atoms with Gasteiger partial charge in [-0.25, -0.2) is 15.4 Å². The Morgan fingerprint density at radius 2 is 1.83 bits per heavy atom. The predicted molar refractivity (Wildman–Crippen MR) is 143 cm³/mol. The van der Waals surface area contributed by atoms with Crippen LogP contribution in [0.1, 0.15) is 45.2 Å². The molecule has 4 aromatic rings. The predicted octanol–water partition coefficient (Wildman–Crippen LogP) is 6.22. The highest BCUT2D eigenvalue weighted by Gasteiger charge is 2.32. The van der Waals surface area contributed by atoms with Crippen LogP contribution >= 0.6 is 22.9 Å². The molecule has 1 aliphatic heterocycles. The van der Waals surface area contributed by atoms with Gasteiger partial charge in [-0.1, -0.05) is 83.9 Å². The van der Waals surface area contributed by atoms with Gasteiger partial charge >= 0.3 is 0 Å². The van der Waals surface area contributed by atoms with Gasteiger partial charge in [0, 0.05) is 16.8 Å². The van der Waals surface area contributed by atoms with E-state index in [1.54, 1.807) is 11.6 Å². The van der Waals surface area contributed by atoms with Crippen LogP contribution in [-0.4, -0.2) is 22.8 Å². The van der Waals surface area contributed by atoms with Gasteiger partial charge in [0.1, 0.15) is 5.69 Å². The van der Waals surface area contributed by atoms with Crippen LogP contribution in [0, 0.1) is 6.92 Å². The lowest BCUT2D eigenvalue weighted by Gasteiger charge is -2.21. The maximum absolute atomic E-state index is 12.6. The summed E-state index contributed by atoms with van der Waals surface area (Å²) in [6.45, 7) is 2.02. The molecule has 6 nitrogen and oxygen atoms in total. The summed E-state index contributed by atoms with van der Waals surface area (Å²) < 4.78 is 0. The van der Waals surface area contributed by atoms with Crippen molar-refractivity contribution in [3.63, 3.8) is 0 Å². The topological polar surface area (TPSA) is 70.0 Å². The van der Waals surface area contributed by atoms with Crippen LogP contribution in [0.3, 0.4) is 0 Å². The zero-order valence-electron chi connectivity index (χ0n) is 18.9. The Labute approximate surface area is 212 Å². The number of hydrazone groups is 2. The van der Waals surface area contributed by atoms with Gasteiger partial charge in [-0.05, 0) is 35.7 Å². The first-order chi connectivity index (χ1) is 17.1. The van der Waals surface area contributed by atoms with Crippen molar-refractivity contribution in [3.05, 3.63) is 117 Å². The Hall–Kier alpha value is -3.81. The number of rotatable bonds is 6. The fraction of sp³-hybridized carbons (Fsp3) is 0.111. The number of hydrogen-bond donors (Lipinski definition) is 1. The summed E-state index contributed by atoms with van der Waals surface area (Å²) in [7, 11) is 0. The molecule has 1 atom stereocenters. The molecular formula is C27H22ClN5OS. The normalized spacial score (nSPS) is 15.4. The molecule has 0 radical (unpaired) electrons. The van der Waals surface area contributed by atoms with Crippen LogP contribution in [0.2, 0.25) is 5.02 Å². The van der Waals surface area contributed by atoms with Crippen LogP contribution in [0.25, 0.3) is 0 Å². The first-order valence-corrected chi connectivity index (χ1v) is 12.4. The van der Waals surface area contributed by atoms with Gasteiger partial charge in [-0.3, -0.25) is 4.79 Å². The molecule has 35 heavy (non-hydrogen) atoms. The van der Waals surface area contributed by atoms with Crippen molar-refractivity contribution in [2.45, 2.75) is 19.4 Å². The van der Waals surface area contributed by atoms with Crippen LogP contribution in [-0.2, 0) is 0 Å². The summed E-state index contributed by atoms with van der Waals surface area (Å²) in [5.41, 5.74) is 8.03. The molecule has 1 unspecified atom stereocenters. The number of anilines is 1. The third-order valence-corrected chi connectivity index (χ3v) is 6.73. The second-order valence-corrected chi connectivity index (χ2v) is 9.43. The van der Waals surface area contributed by atoms with E-state index in [4.69, 9.17) is 16.7 Å². The highest BCUT2D eigenvalue weighted by Crippen LogP contribution is 2.38. The van der Waals surface area contributed by atoms with Gasteiger partial charge in [0.15, 0.2) is 0 Å². The average Bonchev–Trinajstić information content (AvgIpc) is 3.54. The smallest absolute Gasteiger partial charge is 0.266 e. The first kappa shape index (κ1) is 23.0. The second-order valence-electron chi connectivity index (χ2n) is 8.15. The van der Waals surface area contributed by atoms with Crippen molar-refractivity contribution in [1.29, 1.82) is 0 Å². The number of nitrogens with zero attached hydrogens (tertiary/aromatic N) is 4. The summed E-state index contributed by atoms with van der Waals surface area (Å²) in [6, 6.07) is 25.7. The number of hydrogen-bond acceptors (Lipinski definition) is 6. The zero-order chi connectivity index (χ0) is 24.2. The van der Waals surface area contributed by atoms with Gasteiger partial charge in [-0.15, -0.1) is 11.3 Å². The third-order valence-electron chi connectivity index (χ3n) is 5.65. The highest BCUT2D eigenvalue weighted by atomic mass is 35.5. The Balaban J connectivity index is 1.37. The molecule has 1 aromatic heterocycles. The standard InChI is InChI=1S/C27H22ClN5OS/c1-18-7-9-19(10-8-18)16-29-31-26(34)24-17-35-27(30-24)33-25(21-11-13-22(28)14-12-21)15-23(32-33)20-5-3-2-4-6-20/h2-14,16-17,25H,15H2,1H3,(H,31,34)/b29-16+. The lowest BCUT2D eigenvalue weighted by Crippen LogP contribution is -2.20. The molecule has 0 fully saturated rings. The molecule has 0 bridgehead atoms. The molecule has 5 rings (SSSR count). The monoisotopic (exact) mass is 499 g/mol. The number of carbonyl (C=O) groups excluding carboxylic acids is 1. The van der Waals surface area contributed by atoms with Gasteiger partial charge in [0.25, 0.3) is 5.91 Å². The molecule has 0 aliphatic carbocycles. The molecule has 1 N–H and O–H groups in total. The van der Waals surface area contributed by atoms with Gasteiger partial charge in [0.2, 0.25) is 5.13 Å². The molecule has 0 saturated heterocycles. The SMILES string of the molecule is Cc1ccc(/C=N/NC(=O)c2csc(N3N=C(c4ccccc4)CC3c3ccc(Cl)cc3)n2)cc1. The Kier molecular flexibility index (Phi) is 6.70. The van der Waals surface area contributed by atoms with E-state index in [0.29, 0.717) is 22.3 Å². The maximum Gasteiger partial charge on any atom is 0.290 e. The van der Waals surface area contributed by atoms with Crippen molar-refractivity contribution < 1.29 is 4.79 Å². The molecule has 1 amide bonds. The molecule has 0 saturated carbocycles. The fourth-order valence-electron chi connectivity index (χ4n) is 3.79. The first-order valence-electron chi connectivity index (χ1n) is 11.1. The van der Waals surface area contributed by atoms with E-state index in [1.807, 2.05) is 90.8 Å². The van der Waals surface area contributed by atoms with Crippen LogP contribution in [0.5, 0.6) is 0 Å². The van der Waals surface area contributed by atoms with Crippen LogP contribution < -0.4 is 10.4 Å². The Morgan fingerprint density at radius 3 is 2.57 bits per heavy atom. The number of amides is 1. The van der Waals surface area contributed by atoms with E-state index >= 15 is 0 Å². The van der Waals surface area contributed by atoms with Crippen LogP contribution in [0.15, 0.2) is 94.4 Å². The molecule has 8 heteroatoms. The quantitative estimate of drug-likeness (QED) is 0.253. The van der Waals surface area contributed by atoms with E-state index in [1.165, 1.54) is 11.3 Å². The third kappa shape index (κ3) is 5.31. The van der Waals surface area contributed by atoms with E-state index in [2.05, 4.69) is 15.5 Å². The molecular weight excluding hydrogens is 478 g/mol. The number of aromatic nitrogens is 1. The van der Waals surface area contributed by atoms with Crippen molar-refractivity contribution >= 4 is 45.9 Å². The van der Waals surface area contributed by atoms with Gasteiger partial charge in [0.05, 0.1) is 18.0 Å². The number of aryl methyl sites for hydroxylation is 1. The summed E-state index contributed by atoms with van der Waals surface area (Å²) in [6.07, 6.45) is 2.33. The molecule has 0 spiro atoms. The average molecular weight is 500 g/mol. The van der Waals surface area contributed by atoms with Crippen molar-refractivity contribution in [1.82, 2.24) is 10.4 Å². The second kappa shape index (κ2) is 10.2. The Bertz CT molecular complexity index is 1380. The molecule has 174 valence electrons. The minimum atomic E-state index is -0.370. The molecule has 2 heterocycles. The maximum atomic E-state index is 12.6. The van der Waals surface area contributed by atoms with Gasteiger partial charge < -0.3 is 0 Å². The number of halogens is 1. The number of benzene rings is 3. The van der Waals surface area contributed by atoms with Crippen LogP contribution in [0.4, 0.5) is 5.13 Å². The molecule has 1 aliphatic rings. The lowest BCUT2D eigenvalue weighted by molar-refractivity contribution is 0.0951. The van der Waals surface area contributed by atoms with E-state index in [9.17, 15) is 4.79 Å². The number of carbonyl (C=O) groups is 1. The highest BCUT2D eigenvalue weighted by molar-refractivity contribution is 7.14. The summed E-state index contributed by atoms with van der Waals surface area (Å²) in [5, 5.41) is 13.9. The summed E-state index contributed by atoms with van der Waals surface area (Å²) >= 11 is 7.49. The van der Waals surface area contributed by atoms with E-state index in [-0.39, 0.29) is 11.9 Å².